The van der Waals surface area contributed by atoms with Gasteiger partial charge in [-0.1, -0.05) is 0 Å². The summed E-state index contributed by atoms with van der Waals surface area (Å²) in [7, 11) is 0. The average Bonchev–Trinajstić information content (AvgIpc) is 3.09. The van der Waals surface area contributed by atoms with Gasteiger partial charge in [0.25, 0.3) is 0 Å². The van der Waals surface area contributed by atoms with Crippen LogP contribution in [0.5, 0.6) is 0 Å². The molecule has 0 aromatic heterocycles. The average molecular weight is 576 g/mol. The van der Waals surface area contributed by atoms with E-state index in [4.69, 9.17) is 0 Å². The Bertz CT molecular complexity index is 965. The largest absolute Gasteiger partial charge is 1.00 e. The van der Waals surface area contributed by atoms with Crippen LogP contribution < -0.4 is 24.8 Å². The summed E-state index contributed by atoms with van der Waals surface area (Å²) in [4.78, 5) is 0. The molecule has 2 aliphatic carbocycles. The molecule has 144 valence electrons. The third-order valence-corrected chi connectivity index (χ3v) is 14.3. The molecule has 0 heterocycles. The van der Waals surface area contributed by atoms with Gasteiger partial charge in [0.15, 0.2) is 0 Å². The van der Waals surface area contributed by atoms with Crippen molar-refractivity contribution in [2.75, 3.05) is 0 Å². The Balaban J connectivity index is 0.00000140. The molecule has 1 atom stereocenters. The van der Waals surface area contributed by atoms with Crippen LogP contribution in [0.1, 0.15) is 55.0 Å². The van der Waals surface area contributed by atoms with E-state index in [2.05, 4.69) is 95.3 Å². The number of halogens is 2. The smallest absolute Gasteiger partial charge is 1.00 e. The van der Waals surface area contributed by atoms with Gasteiger partial charge in [0.1, 0.15) is 0 Å². The van der Waals surface area contributed by atoms with Gasteiger partial charge in [-0.3, -0.25) is 0 Å². The predicted molar refractivity (Wildman–Crippen MR) is 108 cm³/mol. The third kappa shape index (κ3) is 3.78. The van der Waals surface area contributed by atoms with Crippen molar-refractivity contribution in [1.29, 1.82) is 0 Å². The molecule has 2 aromatic carbocycles. The monoisotopic (exact) mass is 576 g/mol. The number of benzene rings is 2. The van der Waals surface area contributed by atoms with E-state index in [0.717, 1.165) is 0 Å². The normalized spacial score (nSPS) is 19.5. The van der Waals surface area contributed by atoms with Gasteiger partial charge >= 0.3 is 170 Å². The first kappa shape index (κ1) is 23.4. The first-order valence-electron chi connectivity index (χ1n) is 9.43. The van der Waals surface area contributed by atoms with Crippen molar-refractivity contribution in [3.63, 3.8) is 0 Å². The van der Waals surface area contributed by atoms with E-state index in [-0.39, 0.29) is 30.2 Å². The second-order valence-corrected chi connectivity index (χ2v) is 13.0. The van der Waals surface area contributed by atoms with Gasteiger partial charge in [-0.05, 0) is 0 Å². The number of fused-ring (bicyclic) bond motifs is 1. The quantitative estimate of drug-likeness (QED) is 0.480. The predicted octanol–water partition coefficient (Wildman–Crippen LogP) is 1.02. The van der Waals surface area contributed by atoms with Crippen LogP contribution in [0.3, 0.4) is 0 Å². The van der Waals surface area contributed by atoms with E-state index in [0.29, 0.717) is 3.67 Å². The molecule has 0 amide bonds. The molecule has 0 N–H and O–H groups in total. The molecule has 1 unspecified atom stereocenters. The maximum atomic E-state index is 2.45. The molecule has 0 saturated heterocycles. The summed E-state index contributed by atoms with van der Waals surface area (Å²) < 4.78 is 2.44. The maximum absolute atomic E-state index is 2.45. The Kier molecular flexibility index (Phi) is 7.40. The zero-order chi connectivity index (χ0) is 18.5. The van der Waals surface area contributed by atoms with Crippen LogP contribution in [0.4, 0.5) is 0 Å². The summed E-state index contributed by atoms with van der Waals surface area (Å²) in [6.07, 6.45) is 2.45. The molecular weight excluding hydrogens is 550 g/mol. The zero-order valence-electron chi connectivity index (χ0n) is 17.1. The second kappa shape index (κ2) is 8.86. The molecule has 2 aromatic rings. The minimum absolute atomic E-state index is 0. The minimum Gasteiger partial charge on any atom is -1.00 e. The summed E-state index contributed by atoms with van der Waals surface area (Å²) in [5, 5.41) is 0. The summed E-state index contributed by atoms with van der Waals surface area (Å²) >= 11 is -1.11. The maximum Gasteiger partial charge on any atom is -1.00 e. The molecule has 4 rings (SSSR count). The van der Waals surface area contributed by atoms with Crippen molar-refractivity contribution in [3.05, 3.63) is 91.3 Å². The molecular formula is C25H26Cl2Hf. The molecule has 0 saturated carbocycles. The minimum atomic E-state index is -1.11. The second-order valence-electron chi connectivity index (χ2n) is 8.05. The zero-order valence-corrected chi connectivity index (χ0v) is 22.2. The van der Waals surface area contributed by atoms with Crippen LogP contribution in [0.25, 0.3) is 11.6 Å². The first-order valence-corrected chi connectivity index (χ1v) is 13.3. The Hall–Kier alpha value is -0.890. The van der Waals surface area contributed by atoms with Gasteiger partial charge in [0, 0.05) is 0 Å². The summed E-state index contributed by atoms with van der Waals surface area (Å²) in [6, 6.07) is 20.1. The van der Waals surface area contributed by atoms with Crippen molar-refractivity contribution in [3.8, 4) is 0 Å². The van der Waals surface area contributed by atoms with E-state index in [9.17, 15) is 0 Å². The van der Waals surface area contributed by atoms with Gasteiger partial charge in [-0.2, -0.15) is 0 Å². The number of allylic oxidation sites excluding steroid dienone is 5. The van der Waals surface area contributed by atoms with Gasteiger partial charge in [-0.15, -0.1) is 0 Å². The van der Waals surface area contributed by atoms with E-state index in [1.165, 1.54) is 16.7 Å². The Morgan fingerprint density at radius 1 is 0.786 bits per heavy atom. The fourth-order valence-electron chi connectivity index (χ4n) is 4.39. The Morgan fingerprint density at radius 3 is 2.00 bits per heavy atom. The summed E-state index contributed by atoms with van der Waals surface area (Å²) in [5.74, 6) is 0. The summed E-state index contributed by atoms with van der Waals surface area (Å²) in [5.41, 5.74) is 10.9. The molecule has 3 heteroatoms. The van der Waals surface area contributed by atoms with Gasteiger partial charge < -0.3 is 24.8 Å². The number of hydrogen-bond donors (Lipinski definition) is 0. The van der Waals surface area contributed by atoms with Crippen molar-refractivity contribution >= 4 is 11.6 Å². The molecule has 0 radical (unpaired) electrons. The van der Waals surface area contributed by atoms with Crippen LogP contribution >= 0.6 is 0 Å². The topological polar surface area (TPSA) is 0 Å². The number of hydrogen-bond acceptors (Lipinski definition) is 0. The molecule has 28 heavy (non-hydrogen) atoms. The van der Waals surface area contributed by atoms with Crippen LogP contribution in [-0.2, 0) is 22.9 Å². The van der Waals surface area contributed by atoms with E-state index in [1.54, 1.807) is 25.6 Å². The van der Waals surface area contributed by atoms with Gasteiger partial charge in [0.05, 0.1) is 0 Å². The Labute approximate surface area is 193 Å². The molecule has 0 aliphatic heterocycles. The van der Waals surface area contributed by atoms with Crippen LogP contribution in [0.15, 0.2) is 74.6 Å². The molecule has 2 aliphatic rings. The molecule has 0 spiro atoms. The van der Waals surface area contributed by atoms with E-state index >= 15 is 0 Å². The first-order chi connectivity index (χ1) is 12.4. The third-order valence-electron chi connectivity index (χ3n) is 6.39. The van der Waals surface area contributed by atoms with Gasteiger partial charge in [-0.25, -0.2) is 0 Å². The molecule has 0 nitrogen and oxygen atoms in total. The van der Waals surface area contributed by atoms with E-state index < -0.39 is 22.9 Å². The van der Waals surface area contributed by atoms with Crippen LogP contribution in [0.2, 0.25) is 0 Å². The SMILES string of the molecule is CC1=C(C)C(C)(C)[C]([Hf+2][CH]2C(c3ccccc3)=Cc3ccccc32)=C1C.[Cl-].[Cl-]. The van der Waals surface area contributed by atoms with E-state index in [1.807, 2.05) is 0 Å². The standard InChI is InChI=1S/C15H11.C10H15.2ClH.Hf/c1-2-6-12(7-3-1)15-10-13-8-4-5-9-14(13)11-15;1-7-6-10(4,5)9(3)8(7)2;;;/h1-11H;1-5H3;2*1H;/q;;;;+2/p-2. The van der Waals surface area contributed by atoms with Crippen LogP contribution in [-0.4, -0.2) is 0 Å². The fourth-order valence-corrected chi connectivity index (χ4v) is 11.8. The summed E-state index contributed by atoms with van der Waals surface area (Å²) in [6.45, 7) is 11.9. The van der Waals surface area contributed by atoms with Crippen molar-refractivity contribution in [2.45, 2.75) is 38.3 Å². The molecule has 0 fully saturated rings. The van der Waals surface area contributed by atoms with Crippen molar-refractivity contribution in [1.82, 2.24) is 0 Å². The number of rotatable bonds is 3. The van der Waals surface area contributed by atoms with Crippen LogP contribution in [0, 0.1) is 5.41 Å². The van der Waals surface area contributed by atoms with Crippen molar-refractivity contribution < 1.29 is 47.7 Å². The van der Waals surface area contributed by atoms with Gasteiger partial charge in [0.2, 0.25) is 0 Å². The molecule has 0 bridgehead atoms. The fraction of sp³-hybridized carbons (Fsp3) is 0.280. The van der Waals surface area contributed by atoms with Crippen molar-refractivity contribution in [2.24, 2.45) is 5.41 Å². The Morgan fingerprint density at radius 2 is 1.39 bits per heavy atom.